The first-order valence-electron chi connectivity index (χ1n) is 6.50. The molecule has 0 saturated carbocycles. The Morgan fingerprint density at radius 2 is 2.12 bits per heavy atom. The zero-order valence-corrected chi connectivity index (χ0v) is 11.4. The quantitative estimate of drug-likeness (QED) is 0.789. The van der Waals surface area contributed by atoms with E-state index in [2.05, 4.69) is 31.9 Å². The normalized spacial score (nSPS) is 14.9. The van der Waals surface area contributed by atoms with Crippen LogP contribution in [0.25, 0.3) is 0 Å². The molecule has 0 aliphatic rings. The van der Waals surface area contributed by atoms with Gasteiger partial charge in [0.25, 0.3) is 0 Å². The lowest BCUT2D eigenvalue weighted by molar-refractivity contribution is 0.0767. The third kappa shape index (κ3) is 3.54. The number of aromatic nitrogens is 2. The first kappa shape index (κ1) is 14.2. The van der Waals surface area contributed by atoms with Crippen molar-refractivity contribution in [3.8, 4) is 0 Å². The van der Waals surface area contributed by atoms with Crippen molar-refractivity contribution in [1.29, 1.82) is 0 Å². The van der Waals surface area contributed by atoms with Crippen LogP contribution in [0, 0.1) is 0 Å². The molecule has 2 N–H and O–H groups in total. The van der Waals surface area contributed by atoms with Gasteiger partial charge in [-0.1, -0.05) is 13.8 Å². The number of aryl methyl sites for hydroxylation is 2. The second kappa shape index (κ2) is 6.77. The van der Waals surface area contributed by atoms with Crippen molar-refractivity contribution in [2.24, 2.45) is 5.73 Å². The van der Waals surface area contributed by atoms with E-state index in [-0.39, 0.29) is 12.1 Å². The smallest absolute Gasteiger partial charge is 0.0723 e. The summed E-state index contributed by atoms with van der Waals surface area (Å²) in [6.45, 7) is 7.22. The van der Waals surface area contributed by atoms with Crippen molar-refractivity contribution < 1.29 is 4.74 Å². The van der Waals surface area contributed by atoms with E-state index in [0.717, 1.165) is 31.5 Å². The molecule has 1 rings (SSSR count). The van der Waals surface area contributed by atoms with E-state index in [4.69, 9.17) is 10.5 Å². The van der Waals surface area contributed by atoms with Crippen LogP contribution >= 0.6 is 0 Å². The Balaban J connectivity index is 2.75. The number of rotatable bonds is 7. The highest BCUT2D eigenvalue weighted by Gasteiger charge is 2.18. The molecular formula is C13H25N3O. The summed E-state index contributed by atoms with van der Waals surface area (Å²) in [6, 6.07) is 2.20. The Morgan fingerprint density at radius 1 is 1.41 bits per heavy atom. The molecular weight excluding hydrogens is 214 g/mol. The zero-order chi connectivity index (χ0) is 12.8. The fourth-order valence-corrected chi connectivity index (χ4v) is 2.14. The molecule has 1 heterocycles. The predicted octanol–water partition coefficient (Wildman–Crippen LogP) is 1.76. The molecule has 0 aliphatic heterocycles. The molecule has 0 amide bonds. The molecule has 0 fully saturated rings. The maximum Gasteiger partial charge on any atom is 0.0723 e. The predicted molar refractivity (Wildman–Crippen MR) is 70.0 cm³/mol. The molecule has 0 bridgehead atoms. The van der Waals surface area contributed by atoms with Crippen LogP contribution in [-0.4, -0.2) is 29.0 Å². The summed E-state index contributed by atoms with van der Waals surface area (Å²) in [5, 5.41) is 4.53. The lowest BCUT2D eigenvalue weighted by Crippen LogP contribution is -2.38. The van der Waals surface area contributed by atoms with Gasteiger partial charge >= 0.3 is 0 Å². The van der Waals surface area contributed by atoms with Crippen molar-refractivity contribution in [1.82, 2.24) is 9.78 Å². The molecule has 4 nitrogen and oxygen atoms in total. The Bertz CT molecular complexity index is 331. The summed E-state index contributed by atoms with van der Waals surface area (Å²) in [5.41, 5.74) is 8.53. The van der Waals surface area contributed by atoms with Gasteiger partial charge in [-0.3, -0.25) is 4.68 Å². The van der Waals surface area contributed by atoms with Gasteiger partial charge in [0.2, 0.25) is 0 Å². The highest BCUT2D eigenvalue weighted by molar-refractivity contribution is 5.12. The average Bonchev–Trinajstić information content (AvgIpc) is 2.73. The van der Waals surface area contributed by atoms with Crippen LogP contribution in [-0.2, 0) is 24.1 Å². The number of nitrogens with two attached hydrogens (primary N) is 1. The number of nitrogens with zero attached hydrogens (tertiary/aromatic N) is 2. The maximum absolute atomic E-state index is 6.18. The summed E-state index contributed by atoms with van der Waals surface area (Å²) in [6.07, 6.45) is 2.86. The van der Waals surface area contributed by atoms with E-state index < -0.39 is 0 Å². The van der Waals surface area contributed by atoms with Gasteiger partial charge in [0.1, 0.15) is 0 Å². The lowest BCUT2D eigenvalue weighted by atomic mass is 10.0. The fourth-order valence-electron chi connectivity index (χ4n) is 2.14. The number of hydrogen-bond donors (Lipinski definition) is 1. The molecule has 1 aromatic rings. The van der Waals surface area contributed by atoms with Crippen molar-refractivity contribution in [2.75, 3.05) is 7.11 Å². The van der Waals surface area contributed by atoms with Crippen LogP contribution in [0.15, 0.2) is 6.07 Å². The molecule has 4 heteroatoms. The standard InChI is InChI=1S/C13H25N3O/c1-5-10-8-11(16(7-3)15-10)9-12(14)13(6-2)17-4/h8,12-13H,5-7,9,14H2,1-4H3. The molecule has 0 radical (unpaired) electrons. The summed E-state index contributed by atoms with van der Waals surface area (Å²) < 4.78 is 7.43. The minimum absolute atomic E-state index is 0.0386. The summed E-state index contributed by atoms with van der Waals surface area (Å²) in [7, 11) is 1.72. The molecule has 17 heavy (non-hydrogen) atoms. The van der Waals surface area contributed by atoms with Crippen molar-refractivity contribution >= 4 is 0 Å². The van der Waals surface area contributed by atoms with E-state index in [0.29, 0.717) is 0 Å². The van der Waals surface area contributed by atoms with E-state index in [1.807, 2.05) is 4.68 Å². The van der Waals surface area contributed by atoms with Gasteiger partial charge in [-0.15, -0.1) is 0 Å². The molecule has 0 spiro atoms. The van der Waals surface area contributed by atoms with Gasteiger partial charge in [-0.05, 0) is 25.8 Å². The first-order valence-corrected chi connectivity index (χ1v) is 6.50. The second-order valence-electron chi connectivity index (χ2n) is 4.35. The van der Waals surface area contributed by atoms with Gasteiger partial charge in [-0.25, -0.2) is 0 Å². The van der Waals surface area contributed by atoms with Gasteiger partial charge in [0.05, 0.1) is 11.8 Å². The Morgan fingerprint density at radius 3 is 2.59 bits per heavy atom. The molecule has 0 saturated heterocycles. The van der Waals surface area contributed by atoms with Gasteiger partial charge in [-0.2, -0.15) is 5.10 Å². The number of hydrogen-bond acceptors (Lipinski definition) is 3. The summed E-state index contributed by atoms with van der Waals surface area (Å²) in [5.74, 6) is 0. The molecule has 98 valence electrons. The lowest BCUT2D eigenvalue weighted by Gasteiger charge is -2.21. The maximum atomic E-state index is 6.18. The molecule has 0 aromatic carbocycles. The molecule has 1 aromatic heterocycles. The van der Waals surface area contributed by atoms with Crippen molar-refractivity contribution in [3.05, 3.63) is 17.5 Å². The Labute approximate surface area is 104 Å². The molecule has 0 aliphatic carbocycles. The van der Waals surface area contributed by atoms with Crippen LogP contribution in [0.2, 0.25) is 0 Å². The zero-order valence-electron chi connectivity index (χ0n) is 11.4. The van der Waals surface area contributed by atoms with Crippen molar-refractivity contribution in [3.63, 3.8) is 0 Å². The van der Waals surface area contributed by atoms with Crippen LogP contribution in [0.1, 0.15) is 38.6 Å². The number of ether oxygens (including phenoxy) is 1. The van der Waals surface area contributed by atoms with Crippen LogP contribution in [0.3, 0.4) is 0 Å². The van der Waals surface area contributed by atoms with E-state index >= 15 is 0 Å². The largest absolute Gasteiger partial charge is 0.380 e. The van der Waals surface area contributed by atoms with Gasteiger partial charge in [0, 0.05) is 31.8 Å². The Hall–Kier alpha value is -0.870. The topological polar surface area (TPSA) is 53.1 Å². The fraction of sp³-hybridized carbons (Fsp3) is 0.769. The van der Waals surface area contributed by atoms with Gasteiger partial charge < -0.3 is 10.5 Å². The highest BCUT2D eigenvalue weighted by atomic mass is 16.5. The van der Waals surface area contributed by atoms with Crippen LogP contribution in [0.5, 0.6) is 0 Å². The first-order chi connectivity index (χ1) is 8.15. The summed E-state index contributed by atoms with van der Waals surface area (Å²) in [4.78, 5) is 0. The minimum Gasteiger partial charge on any atom is -0.380 e. The Kier molecular flexibility index (Phi) is 5.65. The van der Waals surface area contributed by atoms with E-state index in [1.165, 1.54) is 5.69 Å². The highest BCUT2D eigenvalue weighted by Crippen LogP contribution is 2.11. The van der Waals surface area contributed by atoms with Crippen molar-refractivity contribution in [2.45, 2.75) is 58.7 Å². The van der Waals surface area contributed by atoms with Crippen LogP contribution < -0.4 is 5.73 Å². The van der Waals surface area contributed by atoms with E-state index in [1.54, 1.807) is 7.11 Å². The van der Waals surface area contributed by atoms with Gasteiger partial charge in [0.15, 0.2) is 0 Å². The minimum atomic E-state index is 0.0386. The third-order valence-corrected chi connectivity index (χ3v) is 3.20. The summed E-state index contributed by atoms with van der Waals surface area (Å²) >= 11 is 0. The number of methoxy groups -OCH3 is 1. The monoisotopic (exact) mass is 239 g/mol. The molecule has 2 atom stereocenters. The third-order valence-electron chi connectivity index (χ3n) is 3.20. The SMILES string of the molecule is CCc1cc(CC(N)C(CC)OC)n(CC)n1. The average molecular weight is 239 g/mol. The van der Waals surface area contributed by atoms with Crippen LogP contribution in [0.4, 0.5) is 0 Å². The second-order valence-corrected chi connectivity index (χ2v) is 4.35. The molecule has 2 unspecified atom stereocenters. The van der Waals surface area contributed by atoms with E-state index in [9.17, 15) is 0 Å².